The van der Waals surface area contributed by atoms with E-state index >= 15 is 0 Å². The molecule has 5 heteroatoms. The number of hydrogen-bond donors (Lipinski definition) is 1. The van der Waals surface area contributed by atoms with Gasteiger partial charge in [-0.05, 0) is 50.4 Å². The number of aromatic nitrogens is 1. The van der Waals surface area contributed by atoms with Gasteiger partial charge in [-0.1, -0.05) is 6.07 Å². The Hall–Kier alpha value is -1.46. The summed E-state index contributed by atoms with van der Waals surface area (Å²) in [5.41, 5.74) is 1.24. The highest BCUT2D eigenvalue weighted by molar-refractivity contribution is 5.78. The Balaban J connectivity index is 1.58. The Morgan fingerprint density at radius 3 is 3.14 bits per heavy atom. The number of carbonyl (C=O) groups is 1. The highest BCUT2D eigenvalue weighted by Gasteiger charge is 2.33. The fourth-order valence-corrected chi connectivity index (χ4v) is 3.64. The lowest BCUT2D eigenvalue weighted by Crippen LogP contribution is -2.39. The van der Waals surface area contributed by atoms with Crippen molar-refractivity contribution in [2.45, 2.75) is 25.3 Å². The predicted octanol–water partition coefficient (Wildman–Crippen LogP) is 1.62. The molecule has 2 saturated heterocycles. The molecule has 3 atom stereocenters. The van der Waals surface area contributed by atoms with Crippen molar-refractivity contribution in [2.75, 3.05) is 33.4 Å². The molecule has 1 amide bonds. The Kier molecular flexibility index (Phi) is 5.05. The third-order valence-corrected chi connectivity index (χ3v) is 4.87. The molecule has 0 aliphatic carbocycles. The smallest absolute Gasteiger partial charge is 0.225 e. The summed E-state index contributed by atoms with van der Waals surface area (Å²) in [6.07, 6.45) is 6.79. The largest absolute Gasteiger partial charge is 0.381 e. The minimum absolute atomic E-state index is 0.0322. The van der Waals surface area contributed by atoms with Gasteiger partial charge in [-0.25, -0.2) is 0 Å². The van der Waals surface area contributed by atoms with E-state index in [0.717, 1.165) is 39.0 Å². The average molecular weight is 303 g/mol. The molecule has 1 N–H and O–H groups in total. The van der Waals surface area contributed by atoms with E-state index in [1.54, 1.807) is 6.20 Å². The lowest BCUT2D eigenvalue weighted by molar-refractivity contribution is -0.129. The van der Waals surface area contributed by atoms with Crippen LogP contribution in [0.3, 0.4) is 0 Å². The molecule has 3 heterocycles. The van der Waals surface area contributed by atoms with Crippen LogP contribution in [0.1, 0.15) is 30.9 Å². The first-order valence-electron chi connectivity index (χ1n) is 8.21. The predicted molar refractivity (Wildman–Crippen MR) is 84.3 cm³/mol. The molecular weight excluding hydrogens is 278 g/mol. The minimum atomic E-state index is 0.0322. The number of hydrogen-bond acceptors (Lipinski definition) is 4. The molecule has 0 spiro atoms. The molecule has 2 aliphatic heterocycles. The summed E-state index contributed by atoms with van der Waals surface area (Å²) >= 11 is 0. The van der Waals surface area contributed by atoms with E-state index in [1.165, 1.54) is 5.56 Å². The van der Waals surface area contributed by atoms with E-state index in [2.05, 4.69) is 28.3 Å². The van der Waals surface area contributed by atoms with E-state index in [4.69, 9.17) is 4.74 Å². The van der Waals surface area contributed by atoms with Crippen LogP contribution < -0.4 is 5.32 Å². The molecule has 5 nitrogen and oxygen atoms in total. The summed E-state index contributed by atoms with van der Waals surface area (Å²) in [5, 5.41) is 3.15. The second-order valence-corrected chi connectivity index (χ2v) is 6.42. The molecular formula is C17H25N3O2. The van der Waals surface area contributed by atoms with E-state index in [9.17, 15) is 4.79 Å². The maximum Gasteiger partial charge on any atom is 0.225 e. The topological polar surface area (TPSA) is 54.5 Å². The first kappa shape index (κ1) is 15.4. The summed E-state index contributed by atoms with van der Waals surface area (Å²) < 4.78 is 5.41. The van der Waals surface area contributed by atoms with Crippen LogP contribution in [0, 0.1) is 11.8 Å². The van der Waals surface area contributed by atoms with Gasteiger partial charge in [0, 0.05) is 31.6 Å². The number of carbonyl (C=O) groups excluding carboxylic acids is 1. The maximum atomic E-state index is 12.3. The zero-order valence-corrected chi connectivity index (χ0v) is 13.2. The number of likely N-dealkylation sites (tertiary alicyclic amines) is 1. The molecule has 1 aromatic heterocycles. The van der Waals surface area contributed by atoms with Crippen molar-refractivity contribution in [1.29, 1.82) is 0 Å². The maximum absolute atomic E-state index is 12.3. The summed E-state index contributed by atoms with van der Waals surface area (Å²) in [5.74, 6) is 0.631. The first-order chi connectivity index (χ1) is 10.8. The standard InChI is InChI=1S/C17H25N3O2/c1-20-8-6-14(16(20)13-4-2-7-18-10-13)11-19-17(21)15-5-3-9-22-12-15/h2,4,7,10,14-16H,3,5-6,8-9,11-12H2,1H3,(H,19,21)/t14-,15?,16-/m0/s1. The summed E-state index contributed by atoms with van der Waals surface area (Å²) in [7, 11) is 2.15. The van der Waals surface area contributed by atoms with Gasteiger partial charge in [0.2, 0.25) is 5.91 Å². The van der Waals surface area contributed by atoms with Gasteiger partial charge in [0.05, 0.1) is 12.5 Å². The second kappa shape index (κ2) is 7.20. The molecule has 0 bridgehead atoms. The molecule has 22 heavy (non-hydrogen) atoms. The fourth-order valence-electron chi connectivity index (χ4n) is 3.64. The van der Waals surface area contributed by atoms with Crippen LogP contribution in [-0.4, -0.2) is 49.1 Å². The Labute approximate surface area is 132 Å². The summed E-state index contributed by atoms with van der Waals surface area (Å²) in [6, 6.07) is 4.45. The zero-order chi connectivity index (χ0) is 15.4. The summed E-state index contributed by atoms with van der Waals surface area (Å²) in [6.45, 7) is 3.16. The zero-order valence-electron chi connectivity index (χ0n) is 13.2. The van der Waals surface area contributed by atoms with Gasteiger partial charge in [-0.3, -0.25) is 14.7 Å². The van der Waals surface area contributed by atoms with Gasteiger partial charge in [0.1, 0.15) is 0 Å². The van der Waals surface area contributed by atoms with E-state index < -0.39 is 0 Å². The van der Waals surface area contributed by atoms with Gasteiger partial charge in [-0.15, -0.1) is 0 Å². The second-order valence-electron chi connectivity index (χ2n) is 6.42. The molecule has 0 aromatic carbocycles. The third kappa shape index (κ3) is 3.47. The van der Waals surface area contributed by atoms with Crippen LogP contribution in [-0.2, 0) is 9.53 Å². The lowest BCUT2D eigenvalue weighted by atomic mass is 9.94. The lowest BCUT2D eigenvalue weighted by Gasteiger charge is -2.27. The van der Waals surface area contributed by atoms with E-state index in [1.807, 2.05) is 12.3 Å². The number of rotatable bonds is 4. The van der Waals surface area contributed by atoms with Crippen molar-refractivity contribution < 1.29 is 9.53 Å². The highest BCUT2D eigenvalue weighted by Crippen LogP contribution is 2.35. The number of nitrogens with one attached hydrogen (secondary N) is 1. The van der Waals surface area contributed by atoms with Crippen LogP contribution in [0.15, 0.2) is 24.5 Å². The van der Waals surface area contributed by atoms with Crippen molar-refractivity contribution >= 4 is 5.91 Å². The Morgan fingerprint density at radius 1 is 1.50 bits per heavy atom. The van der Waals surface area contributed by atoms with Gasteiger partial charge < -0.3 is 10.1 Å². The summed E-state index contributed by atoms with van der Waals surface area (Å²) in [4.78, 5) is 18.9. The number of amides is 1. The SMILES string of the molecule is CN1CC[C@@H](CNC(=O)C2CCCOC2)[C@@H]1c1cccnc1. The molecule has 1 aromatic rings. The van der Waals surface area contributed by atoms with Crippen molar-refractivity contribution in [3.8, 4) is 0 Å². The Bertz CT molecular complexity index is 488. The normalized spacial score (nSPS) is 29.4. The monoisotopic (exact) mass is 303 g/mol. The molecule has 0 saturated carbocycles. The van der Waals surface area contributed by atoms with Crippen LogP contribution in [0.4, 0.5) is 0 Å². The van der Waals surface area contributed by atoms with Crippen LogP contribution in [0.5, 0.6) is 0 Å². The van der Waals surface area contributed by atoms with Gasteiger partial charge in [0.15, 0.2) is 0 Å². The number of pyridine rings is 1. The van der Waals surface area contributed by atoms with Gasteiger partial charge in [0.25, 0.3) is 0 Å². The Morgan fingerprint density at radius 2 is 2.41 bits per heavy atom. The van der Waals surface area contributed by atoms with E-state index in [-0.39, 0.29) is 11.8 Å². The van der Waals surface area contributed by atoms with Crippen molar-refractivity contribution in [3.05, 3.63) is 30.1 Å². The average Bonchev–Trinajstić information content (AvgIpc) is 2.95. The van der Waals surface area contributed by atoms with Crippen LogP contribution in [0.25, 0.3) is 0 Å². The fraction of sp³-hybridized carbons (Fsp3) is 0.647. The quantitative estimate of drug-likeness (QED) is 0.918. The van der Waals surface area contributed by atoms with Crippen LogP contribution >= 0.6 is 0 Å². The van der Waals surface area contributed by atoms with Gasteiger partial charge >= 0.3 is 0 Å². The first-order valence-corrected chi connectivity index (χ1v) is 8.21. The molecule has 2 aliphatic rings. The van der Waals surface area contributed by atoms with Gasteiger partial charge in [-0.2, -0.15) is 0 Å². The number of nitrogens with zero attached hydrogens (tertiary/aromatic N) is 2. The van der Waals surface area contributed by atoms with Crippen molar-refractivity contribution in [1.82, 2.24) is 15.2 Å². The molecule has 3 rings (SSSR count). The molecule has 1 unspecified atom stereocenters. The van der Waals surface area contributed by atoms with E-state index in [0.29, 0.717) is 18.6 Å². The van der Waals surface area contributed by atoms with Crippen molar-refractivity contribution in [2.24, 2.45) is 11.8 Å². The van der Waals surface area contributed by atoms with Crippen LogP contribution in [0.2, 0.25) is 0 Å². The minimum Gasteiger partial charge on any atom is -0.381 e. The third-order valence-electron chi connectivity index (χ3n) is 4.87. The highest BCUT2D eigenvalue weighted by atomic mass is 16.5. The van der Waals surface area contributed by atoms with Crippen molar-refractivity contribution in [3.63, 3.8) is 0 Å². The molecule has 2 fully saturated rings. The number of ether oxygens (including phenoxy) is 1. The molecule has 0 radical (unpaired) electrons. The molecule has 120 valence electrons.